The Bertz CT molecular complexity index is 581. The Kier molecular flexibility index (Phi) is 4.17. The molecule has 1 aromatic carbocycles. The van der Waals surface area contributed by atoms with Crippen LogP contribution in [0.4, 0.5) is 0 Å². The molecule has 100 valence electrons. The van der Waals surface area contributed by atoms with Gasteiger partial charge in [0, 0.05) is 7.05 Å². The molecule has 1 amide bonds. The van der Waals surface area contributed by atoms with E-state index in [0.29, 0.717) is 16.3 Å². The lowest BCUT2D eigenvalue weighted by molar-refractivity contribution is 0.0726. The first-order valence-corrected chi connectivity index (χ1v) is 6.52. The molecule has 0 spiro atoms. The Balaban J connectivity index is 2.26. The molecule has 0 radical (unpaired) electrons. The van der Waals surface area contributed by atoms with Gasteiger partial charge < -0.3 is 9.32 Å². The minimum Gasteiger partial charge on any atom is -0.467 e. The van der Waals surface area contributed by atoms with E-state index in [1.54, 1.807) is 42.5 Å². The van der Waals surface area contributed by atoms with Crippen molar-refractivity contribution in [3.05, 3.63) is 58.0 Å². The third-order valence-electron chi connectivity index (χ3n) is 3.04. The normalized spacial score (nSPS) is 12.2. The number of hydrogen-bond acceptors (Lipinski definition) is 2. The third kappa shape index (κ3) is 2.77. The highest BCUT2D eigenvalue weighted by molar-refractivity contribution is 6.43. The summed E-state index contributed by atoms with van der Waals surface area (Å²) < 4.78 is 5.30. The van der Waals surface area contributed by atoms with Crippen LogP contribution < -0.4 is 0 Å². The molecule has 0 saturated carbocycles. The lowest BCUT2D eigenvalue weighted by Gasteiger charge is -2.23. The average molecular weight is 298 g/mol. The lowest BCUT2D eigenvalue weighted by Crippen LogP contribution is -2.29. The molecule has 0 aliphatic carbocycles. The fraction of sp³-hybridized carbons (Fsp3) is 0.214. The van der Waals surface area contributed by atoms with Crippen molar-refractivity contribution < 1.29 is 9.21 Å². The van der Waals surface area contributed by atoms with Crippen LogP contribution in [0, 0.1) is 0 Å². The standard InChI is InChI=1S/C14H13Cl2NO2/c1-9(12-7-4-8-19-12)17(2)14(18)10-5-3-6-11(15)13(10)16/h3-9H,1-2H3. The molecule has 5 heteroatoms. The van der Waals surface area contributed by atoms with Gasteiger partial charge in [-0.3, -0.25) is 4.79 Å². The number of rotatable bonds is 3. The van der Waals surface area contributed by atoms with Crippen LogP contribution in [0.1, 0.15) is 29.1 Å². The predicted molar refractivity (Wildman–Crippen MR) is 75.7 cm³/mol. The van der Waals surface area contributed by atoms with Crippen molar-refractivity contribution in [2.45, 2.75) is 13.0 Å². The third-order valence-corrected chi connectivity index (χ3v) is 3.86. The zero-order valence-electron chi connectivity index (χ0n) is 10.6. The smallest absolute Gasteiger partial charge is 0.255 e. The number of nitrogens with zero attached hydrogens (tertiary/aromatic N) is 1. The Morgan fingerprint density at radius 1 is 1.26 bits per heavy atom. The minimum absolute atomic E-state index is 0.183. The molecule has 1 aromatic heterocycles. The maximum atomic E-state index is 12.4. The molecule has 0 aliphatic rings. The van der Waals surface area contributed by atoms with Crippen molar-refractivity contribution in [1.82, 2.24) is 4.90 Å². The molecule has 1 atom stereocenters. The second kappa shape index (κ2) is 5.68. The van der Waals surface area contributed by atoms with Gasteiger partial charge in [0.05, 0.1) is 27.9 Å². The molecule has 1 heterocycles. The highest BCUT2D eigenvalue weighted by Gasteiger charge is 2.23. The van der Waals surface area contributed by atoms with Crippen molar-refractivity contribution in [3.63, 3.8) is 0 Å². The van der Waals surface area contributed by atoms with Gasteiger partial charge >= 0.3 is 0 Å². The van der Waals surface area contributed by atoms with E-state index in [0.717, 1.165) is 0 Å². The van der Waals surface area contributed by atoms with Crippen LogP contribution in [0.25, 0.3) is 0 Å². The van der Waals surface area contributed by atoms with E-state index in [2.05, 4.69) is 0 Å². The SMILES string of the molecule is CC(c1ccco1)N(C)C(=O)c1cccc(Cl)c1Cl. The summed E-state index contributed by atoms with van der Waals surface area (Å²) in [5.74, 6) is 0.519. The van der Waals surface area contributed by atoms with Crippen molar-refractivity contribution >= 4 is 29.1 Å². The number of furan rings is 1. The lowest BCUT2D eigenvalue weighted by atomic mass is 10.1. The van der Waals surface area contributed by atoms with Crippen LogP contribution in [0.5, 0.6) is 0 Å². The molecule has 3 nitrogen and oxygen atoms in total. The zero-order chi connectivity index (χ0) is 14.0. The van der Waals surface area contributed by atoms with E-state index in [-0.39, 0.29) is 17.0 Å². The van der Waals surface area contributed by atoms with Crippen molar-refractivity contribution in [2.24, 2.45) is 0 Å². The van der Waals surface area contributed by atoms with Gasteiger partial charge in [-0.05, 0) is 31.2 Å². The number of hydrogen-bond donors (Lipinski definition) is 0. The Labute approximate surface area is 121 Å². The molecule has 0 saturated heterocycles. The summed E-state index contributed by atoms with van der Waals surface area (Å²) in [6.07, 6.45) is 1.58. The van der Waals surface area contributed by atoms with E-state index < -0.39 is 0 Å². The van der Waals surface area contributed by atoms with Crippen molar-refractivity contribution in [2.75, 3.05) is 7.05 Å². The summed E-state index contributed by atoms with van der Waals surface area (Å²) >= 11 is 12.0. The molecular formula is C14H13Cl2NO2. The first-order valence-electron chi connectivity index (χ1n) is 5.77. The van der Waals surface area contributed by atoms with Gasteiger partial charge in [-0.25, -0.2) is 0 Å². The minimum atomic E-state index is -0.198. The summed E-state index contributed by atoms with van der Waals surface area (Å²) in [4.78, 5) is 14.0. The van der Waals surface area contributed by atoms with Gasteiger partial charge in [0.15, 0.2) is 0 Å². The van der Waals surface area contributed by atoms with Gasteiger partial charge in [0.1, 0.15) is 5.76 Å². The van der Waals surface area contributed by atoms with Crippen LogP contribution in [0.2, 0.25) is 10.0 Å². The van der Waals surface area contributed by atoms with Crippen molar-refractivity contribution in [3.8, 4) is 0 Å². The maximum Gasteiger partial charge on any atom is 0.255 e. The monoisotopic (exact) mass is 297 g/mol. The fourth-order valence-electron chi connectivity index (χ4n) is 1.75. The molecule has 2 aromatic rings. The van der Waals surface area contributed by atoms with Gasteiger partial charge in [-0.15, -0.1) is 0 Å². The summed E-state index contributed by atoms with van der Waals surface area (Å²) in [5, 5.41) is 0.638. The van der Waals surface area contributed by atoms with Crippen LogP contribution >= 0.6 is 23.2 Å². The molecule has 0 bridgehead atoms. The summed E-state index contributed by atoms with van der Waals surface area (Å²) in [6.45, 7) is 1.88. The maximum absolute atomic E-state index is 12.4. The second-order valence-corrected chi connectivity index (χ2v) is 4.99. The van der Waals surface area contributed by atoms with Gasteiger partial charge in [-0.2, -0.15) is 0 Å². The van der Waals surface area contributed by atoms with Crippen LogP contribution in [0.15, 0.2) is 41.0 Å². The predicted octanol–water partition coefficient (Wildman–Crippen LogP) is 4.42. The first kappa shape index (κ1) is 14.0. The average Bonchev–Trinajstić information content (AvgIpc) is 2.93. The quantitative estimate of drug-likeness (QED) is 0.840. The van der Waals surface area contributed by atoms with Gasteiger partial charge in [0.25, 0.3) is 5.91 Å². The molecular weight excluding hydrogens is 285 g/mol. The van der Waals surface area contributed by atoms with Gasteiger partial charge in [0.2, 0.25) is 0 Å². The van der Waals surface area contributed by atoms with E-state index in [9.17, 15) is 4.79 Å². The second-order valence-electron chi connectivity index (χ2n) is 4.21. The zero-order valence-corrected chi connectivity index (χ0v) is 12.1. The fourth-order valence-corrected chi connectivity index (χ4v) is 2.14. The number of benzene rings is 1. The van der Waals surface area contributed by atoms with Crippen LogP contribution in [0.3, 0.4) is 0 Å². The van der Waals surface area contributed by atoms with E-state index in [1.807, 2.05) is 13.0 Å². The molecule has 0 aliphatic heterocycles. The Morgan fingerprint density at radius 2 is 2.00 bits per heavy atom. The molecule has 19 heavy (non-hydrogen) atoms. The van der Waals surface area contributed by atoms with Crippen LogP contribution in [-0.2, 0) is 0 Å². The van der Waals surface area contributed by atoms with Crippen molar-refractivity contribution in [1.29, 1.82) is 0 Å². The highest BCUT2D eigenvalue weighted by Crippen LogP contribution is 2.28. The first-order chi connectivity index (χ1) is 9.02. The molecule has 0 N–H and O–H groups in total. The summed E-state index contributed by atoms with van der Waals surface area (Å²) in [7, 11) is 1.70. The Morgan fingerprint density at radius 3 is 2.63 bits per heavy atom. The number of carbonyl (C=O) groups excluding carboxylic acids is 1. The largest absolute Gasteiger partial charge is 0.467 e. The molecule has 2 rings (SSSR count). The highest BCUT2D eigenvalue weighted by atomic mass is 35.5. The number of halogens is 2. The Hall–Kier alpha value is -1.45. The van der Waals surface area contributed by atoms with Gasteiger partial charge in [-0.1, -0.05) is 29.3 Å². The topological polar surface area (TPSA) is 33.5 Å². The molecule has 1 unspecified atom stereocenters. The number of carbonyl (C=O) groups is 1. The summed E-state index contributed by atoms with van der Waals surface area (Å²) in [6, 6.07) is 8.44. The van der Waals surface area contributed by atoms with E-state index in [1.165, 1.54) is 0 Å². The van der Waals surface area contributed by atoms with E-state index in [4.69, 9.17) is 27.6 Å². The summed E-state index contributed by atoms with van der Waals surface area (Å²) in [5.41, 5.74) is 0.384. The molecule has 0 fully saturated rings. The van der Waals surface area contributed by atoms with Crippen LogP contribution in [-0.4, -0.2) is 17.9 Å². The number of amides is 1. The van der Waals surface area contributed by atoms with E-state index >= 15 is 0 Å².